The quantitative estimate of drug-likeness (QED) is 0.613. The zero-order chi connectivity index (χ0) is 17.9. The summed E-state index contributed by atoms with van der Waals surface area (Å²) in [6.07, 6.45) is 0. The van der Waals surface area contributed by atoms with E-state index in [0.29, 0.717) is 13.1 Å². The Morgan fingerprint density at radius 2 is 0.958 bits per heavy atom. The van der Waals surface area contributed by atoms with Crippen molar-refractivity contribution in [2.24, 2.45) is 0 Å². The molecule has 8 heteroatoms. The molecule has 2 amide bonds. The molecular formula is C16H34N6O2. The first-order valence-corrected chi connectivity index (χ1v) is 8.67. The molecule has 8 nitrogen and oxygen atoms in total. The van der Waals surface area contributed by atoms with Gasteiger partial charge in [0, 0.05) is 66.5 Å². The van der Waals surface area contributed by atoms with Crippen LogP contribution in [0.2, 0.25) is 0 Å². The van der Waals surface area contributed by atoms with Crippen molar-refractivity contribution in [3.63, 3.8) is 0 Å². The molecule has 0 unspecified atom stereocenters. The van der Waals surface area contributed by atoms with Crippen LogP contribution in [-0.4, -0.2) is 125 Å². The lowest BCUT2D eigenvalue weighted by atomic mass is 10.3. The number of rotatable bonds is 4. The SMILES string of the molecule is CNC(=O)CN1CCN(C)CCN(CC(=O)NC)CCN(C)CC1. The largest absolute Gasteiger partial charge is 0.358 e. The third-order valence-corrected chi connectivity index (χ3v) is 4.48. The maximum atomic E-state index is 11.7. The van der Waals surface area contributed by atoms with E-state index in [0.717, 1.165) is 52.4 Å². The zero-order valence-electron chi connectivity index (χ0n) is 15.7. The van der Waals surface area contributed by atoms with Gasteiger partial charge in [-0.2, -0.15) is 0 Å². The second-order valence-electron chi connectivity index (χ2n) is 6.51. The minimum Gasteiger partial charge on any atom is -0.358 e. The molecule has 0 radical (unpaired) electrons. The molecule has 0 aromatic carbocycles. The molecule has 0 aliphatic carbocycles. The van der Waals surface area contributed by atoms with Gasteiger partial charge in [-0.05, 0) is 14.1 Å². The third-order valence-electron chi connectivity index (χ3n) is 4.48. The van der Waals surface area contributed by atoms with Gasteiger partial charge >= 0.3 is 0 Å². The minimum atomic E-state index is 0.0594. The highest BCUT2D eigenvalue weighted by Gasteiger charge is 2.16. The van der Waals surface area contributed by atoms with Crippen molar-refractivity contribution >= 4 is 11.8 Å². The second-order valence-corrected chi connectivity index (χ2v) is 6.51. The summed E-state index contributed by atoms with van der Waals surface area (Å²) in [6.45, 7) is 8.01. The van der Waals surface area contributed by atoms with E-state index < -0.39 is 0 Å². The number of hydrogen-bond acceptors (Lipinski definition) is 6. The summed E-state index contributed by atoms with van der Waals surface area (Å²) in [5.74, 6) is 0.119. The van der Waals surface area contributed by atoms with Gasteiger partial charge in [-0.25, -0.2) is 0 Å². The average Bonchev–Trinajstić information content (AvgIpc) is 2.57. The van der Waals surface area contributed by atoms with Gasteiger partial charge in [0.05, 0.1) is 13.1 Å². The van der Waals surface area contributed by atoms with Crippen molar-refractivity contribution in [1.29, 1.82) is 0 Å². The van der Waals surface area contributed by atoms with Crippen LogP contribution in [0.3, 0.4) is 0 Å². The fourth-order valence-electron chi connectivity index (χ4n) is 2.58. The topological polar surface area (TPSA) is 71.2 Å². The molecule has 24 heavy (non-hydrogen) atoms. The maximum Gasteiger partial charge on any atom is 0.233 e. The molecule has 1 fully saturated rings. The number of amides is 2. The Morgan fingerprint density at radius 1 is 0.667 bits per heavy atom. The summed E-state index contributed by atoms with van der Waals surface area (Å²) in [4.78, 5) is 32.3. The van der Waals surface area contributed by atoms with Gasteiger partial charge < -0.3 is 20.4 Å². The third kappa shape index (κ3) is 8.58. The summed E-state index contributed by atoms with van der Waals surface area (Å²) in [7, 11) is 7.54. The number of nitrogens with one attached hydrogen (secondary N) is 2. The van der Waals surface area contributed by atoms with Crippen LogP contribution in [-0.2, 0) is 9.59 Å². The second kappa shape index (κ2) is 11.4. The van der Waals surface area contributed by atoms with E-state index in [-0.39, 0.29) is 11.8 Å². The van der Waals surface area contributed by atoms with E-state index in [2.05, 4.69) is 44.3 Å². The lowest BCUT2D eigenvalue weighted by Crippen LogP contribution is -2.47. The van der Waals surface area contributed by atoms with Crippen molar-refractivity contribution in [2.75, 3.05) is 93.6 Å². The van der Waals surface area contributed by atoms with Crippen molar-refractivity contribution in [2.45, 2.75) is 0 Å². The lowest BCUT2D eigenvalue weighted by Gasteiger charge is -2.31. The Morgan fingerprint density at radius 3 is 1.21 bits per heavy atom. The molecule has 2 N–H and O–H groups in total. The van der Waals surface area contributed by atoms with Crippen molar-refractivity contribution in [1.82, 2.24) is 30.2 Å². The van der Waals surface area contributed by atoms with Gasteiger partial charge in [0.15, 0.2) is 0 Å². The first kappa shape index (κ1) is 20.8. The smallest absolute Gasteiger partial charge is 0.233 e. The highest BCUT2D eigenvalue weighted by molar-refractivity contribution is 5.78. The predicted molar refractivity (Wildman–Crippen MR) is 96.0 cm³/mol. The molecule has 0 spiro atoms. The molecule has 140 valence electrons. The van der Waals surface area contributed by atoms with Gasteiger partial charge in [-0.15, -0.1) is 0 Å². The van der Waals surface area contributed by atoms with Gasteiger partial charge in [0.25, 0.3) is 0 Å². The molecule has 0 aromatic heterocycles. The molecule has 1 heterocycles. The Labute approximate surface area is 146 Å². The van der Waals surface area contributed by atoms with E-state index in [9.17, 15) is 9.59 Å². The van der Waals surface area contributed by atoms with Gasteiger partial charge in [-0.1, -0.05) is 0 Å². The molecule has 0 bridgehead atoms. The van der Waals surface area contributed by atoms with Crippen LogP contribution in [0.4, 0.5) is 0 Å². The first-order valence-electron chi connectivity index (χ1n) is 8.67. The summed E-state index contributed by atoms with van der Waals surface area (Å²) in [5, 5.41) is 5.40. The van der Waals surface area contributed by atoms with Crippen molar-refractivity contribution < 1.29 is 9.59 Å². The van der Waals surface area contributed by atoms with Crippen molar-refractivity contribution in [3.8, 4) is 0 Å². The molecule has 1 rings (SSSR count). The van der Waals surface area contributed by atoms with Crippen LogP contribution in [0.15, 0.2) is 0 Å². The monoisotopic (exact) mass is 342 g/mol. The Hall–Kier alpha value is -1.22. The average molecular weight is 342 g/mol. The molecule has 1 aliphatic rings. The number of carbonyl (C=O) groups is 2. The fraction of sp³-hybridized carbons (Fsp3) is 0.875. The Kier molecular flexibility index (Phi) is 9.85. The maximum absolute atomic E-state index is 11.7. The first-order chi connectivity index (χ1) is 11.4. The summed E-state index contributed by atoms with van der Waals surface area (Å²) in [6, 6.07) is 0. The molecule has 1 saturated heterocycles. The summed E-state index contributed by atoms with van der Waals surface area (Å²) >= 11 is 0. The van der Waals surface area contributed by atoms with E-state index in [1.54, 1.807) is 14.1 Å². The highest BCUT2D eigenvalue weighted by atomic mass is 16.2. The highest BCUT2D eigenvalue weighted by Crippen LogP contribution is 1.98. The minimum absolute atomic E-state index is 0.0594. The van der Waals surface area contributed by atoms with Crippen LogP contribution in [0.5, 0.6) is 0 Å². The standard InChI is InChI=1S/C16H34N6O2/c1-17-15(23)13-21-9-5-19(3)7-11-22(14-16(24)18-2)12-8-20(4)6-10-21/h5-14H2,1-4H3,(H,17,23)(H,18,24). The molecular weight excluding hydrogens is 308 g/mol. The lowest BCUT2D eigenvalue weighted by molar-refractivity contribution is -0.122. The molecule has 0 aromatic rings. The summed E-state index contributed by atoms with van der Waals surface area (Å²) < 4.78 is 0. The number of hydrogen-bond donors (Lipinski definition) is 2. The van der Waals surface area contributed by atoms with E-state index in [1.165, 1.54) is 0 Å². The summed E-state index contributed by atoms with van der Waals surface area (Å²) in [5.41, 5.74) is 0. The van der Waals surface area contributed by atoms with E-state index >= 15 is 0 Å². The van der Waals surface area contributed by atoms with Crippen LogP contribution >= 0.6 is 0 Å². The fourth-order valence-corrected chi connectivity index (χ4v) is 2.58. The van der Waals surface area contributed by atoms with Gasteiger partial charge in [0.1, 0.15) is 0 Å². The number of likely N-dealkylation sites (N-methyl/N-ethyl adjacent to an activating group) is 4. The Bertz CT molecular complexity index is 341. The molecule has 1 aliphatic heterocycles. The van der Waals surface area contributed by atoms with Crippen LogP contribution in [0, 0.1) is 0 Å². The number of nitrogens with zero attached hydrogens (tertiary/aromatic N) is 4. The molecule has 0 atom stereocenters. The van der Waals surface area contributed by atoms with Crippen molar-refractivity contribution in [3.05, 3.63) is 0 Å². The van der Waals surface area contributed by atoms with E-state index in [4.69, 9.17) is 0 Å². The van der Waals surface area contributed by atoms with Crippen LogP contribution in [0.25, 0.3) is 0 Å². The van der Waals surface area contributed by atoms with Crippen LogP contribution < -0.4 is 10.6 Å². The van der Waals surface area contributed by atoms with Gasteiger partial charge in [0.2, 0.25) is 11.8 Å². The van der Waals surface area contributed by atoms with Crippen LogP contribution in [0.1, 0.15) is 0 Å². The molecule has 0 saturated carbocycles. The van der Waals surface area contributed by atoms with Gasteiger partial charge in [-0.3, -0.25) is 19.4 Å². The Balaban J connectivity index is 2.60. The predicted octanol–water partition coefficient (Wildman–Crippen LogP) is -2.04. The normalized spacial score (nSPS) is 20.8. The number of carbonyl (C=O) groups excluding carboxylic acids is 2. The van der Waals surface area contributed by atoms with E-state index in [1.807, 2.05) is 0 Å². The zero-order valence-corrected chi connectivity index (χ0v) is 15.7.